The molecule has 3 aromatic rings. The number of halogens is 3. The van der Waals surface area contributed by atoms with E-state index in [0.717, 1.165) is 75.0 Å². The van der Waals surface area contributed by atoms with Gasteiger partial charge in [-0.3, -0.25) is 9.80 Å². The summed E-state index contributed by atoms with van der Waals surface area (Å²) in [4.78, 5) is 28.3. The summed E-state index contributed by atoms with van der Waals surface area (Å²) in [7, 11) is 0. The number of hydrogen-bond acceptors (Lipinski definition) is 8. The second kappa shape index (κ2) is 11.0. The van der Waals surface area contributed by atoms with Gasteiger partial charge in [-0.2, -0.15) is 9.97 Å². The molecule has 12 heteroatoms. The molecule has 0 radical (unpaired) electrons. The summed E-state index contributed by atoms with van der Waals surface area (Å²) in [6, 6.07) is 3.71. The molecule has 3 atom stereocenters. The van der Waals surface area contributed by atoms with Crippen LogP contribution in [0, 0.1) is 17.5 Å². The Labute approximate surface area is 265 Å². The second-order valence-electron chi connectivity index (χ2n) is 14.1. The fraction of sp³-hybridized carbons (Fsp3) is 0.500. The van der Waals surface area contributed by atoms with Gasteiger partial charge in [0.25, 0.3) is 0 Å². The first-order valence-electron chi connectivity index (χ1n) is 15.8. The van der Waals surface area contributed by atoms with Crippen LogP contribution in [0.4, 0.5) is 23.8 Å². The normalized spacial score (nSPS) is 24.6. The summed E-state index contributed by atoms with van der Waals surface area (Å²) in [6.45, 7) is 12.4. The van der Waals surface area contributed by atoms with Gasteiger partial charge >= 0.3 is 12.1 Å². The number of phenolic OH excluding ortho intramolecular Hbond substituents is 1. The van der Waals surface area contributed by atoms with Crippen LogP contribution >= 0.6 is 0 Å². The van der Waals surface area contributed by atoms with E-state index >= 15 is 8.78 Å². The first kappa shape index (κ1) is 30.6. The topological polar surface area (TPSA) is 91.3 Å². The molecule has 0 spiro atoms. The average molecular weight is 638 g/mol. The van der Waals surface area contributed by atoms with Crippen LogP contribution in [0.15, 0.2) is 36.4 Å². The molecule has 7 rings (SSSR count). The van der Waals surface area contributed by atoms with Crippen molar-refractivity contribution < 1.29 is 32.5 Å². The summed E-state index contributed by atoms with van der Waals surface area (Å²) in [6.07, 6.45) is 3.84. The van der Waals surface area contributed by atoms with Crippen molar-refractivity contribution in [1.29, 1.82) is 0 Å². The Bertz CT molecular complexity index is 1730. The standard InChI is InChI=1S/C34H38F3N5O4/c1-19-14-34(10-5-11-41(34)15-19)18-45-31-38-29-24(13-26(36)27(28(29)37)23-12-22(43)8-9-25(23)35)30(39-31)40-16-20-6-7-21(17-40)42(20)32(44)46-33(2,3)4/h8-9,12-13,20-21,43H,1,5-7,10-11,14-18H2,2-4H3/t20-,21+,34?. The molecule has 4 aliphatic rings. The second-order valence-corrected chi connectivity index (χ2v) is 14.1. The fourth-order valence-electron chi connectivity index (χ4n) is 7.75. The molecule has 2 aromatic carbocycles. The van der Waals surface area contributed by atoms with Gasteiger partial charge in [0.15, 0.2) is 5.82 Å². The molecule has 0 saturated carbocycles. The molecule has 1 amide bonds. The zero-order chi connectivity index (χ0) is 32.5. The molecule has 9 nitrogen and oxygen atoms in total. The minimum absolute atomic E-state index is 0.0732. The van der Waals surface area contributed by atoms with Gasteiger partial charge < -0.3 is 19.5 Å². The largest absolute Gasteiger partial charge is 0.508 e. The number of phenols is 1. The molecule has 1 unspecified atom stereocenters. The molecule has 0 aliphatic carbocycles. The Morgan fingerprint density at radius 3 is 2.57 bits per heavy atom. The van der Waals surface area contributed by atoms with Crippen molar-refractivity contribution in [2.75, 3.05) is 37.7 Å². The molecule has 2 bridgehead atoms. The van der Waals surface area contributed by atoms with Crippen molar-refractivity contribution in [3.8, 4) is 22.9 Å². The number of aromatic nitrogens is 2. The number of carbonyl (C=O) groups excluding carboxylic acids is 1. The zero-order valence-electron chi connectivity index (χ0n) is 26.3. The van der Waals surface area contributed by atoms with Gasteiger partial charge in [-0.25, -0.2) is 18.0 Å². The Kier molecular flexibility index (Phi) is 7.34. The first-order chi connectivity index (χ1) is 21.8. The smallest absolute Gasteiger partial charge is 0.410 e. The van der Waals surface area contributed by atoms with E-state index in [1.165, 1.54) is 0 Å². The maximum absolute atomic E-state index is 16.4. The predicted molar refractivity (Wildman–Crippen MR) is 166 cm³/mol. The number of anilines is 1. The maximum Gasteiger partial charge on any atom is 0.410 e. The average Bonchev–Trinajstić information content (AvgIpc) is 3.59. The molecule has 4 fully saturated rings. The minimum atomic E-state index is -1.08. The number of amides is 1. The lowest BCUT2D eigenvalue weighted by atomic mass is 9.94. The minimum Gasteiger partial charge on any atom is -0.508 e. The fourth-order valence-corrected chi connectivity index (χ4v) is 7.75. The van der Waals surface area contributed by atoms with E-state index < -0.39 is 34.2 Å². The third-order valence-corrected chi connectivity index (χ3v) is 9.65. The van der Waals surface area contributed by atoms with E-state index in [-0.39, 0.29) is 58.8 Å². The van der Waals surface area contributed by atoms with E-state index in [2.05, 4.69) is 16.5 Å². The van der Waals surface area contributed by atoms with E-state index in [1.54, 1.807) is 4.90 Å². The van der Waals surface area contributed by atoms with Crippen LogP contribution in [0.1, 0.15) is 52.9 Å². The van der Waals surface area contributed by atoms with E-state index in [1.807, 2.05) is 25.7 Å². The number of fused-ring (bicyclic) bond motifs is 4. The van der Waals surface area contributed by atoms with Gasteiger partial charge in [0.1, 0.15) is 40.9 Å². The van der Waals surface area contributed by atoms with Crippen LogP contribution in [0.3, 0.4) is 0 Å². The lowest BCUT2D eigenvalue weighted by molar-refractivity contribution is 0.0122. The molecule has 1 N–H and O–H groups in total. The monoisotopic (exact) mass is 637 g/mol. The van der Waals surface area contributed by atoms with Crippen LogP contribution in [0.2, 0.25) is 0 Å². The molecule has 244 valence electrons. The summed E-state index contributed by atoms with van der Waals surface area (Å²) < 4.78 is 59.0. The van der Waals surface area contributed by atoms with Crippen molar-refractivity contribution in [2.45, 2.75) is 76.1 Å². The van der Waals surface area contributed by atoms with Gasteiger partial charge in [-0.05, 0) is 83.7 Å². The van der Waals surface area contributed by atoms with Crippen molar-refractivity contribution in [3.05, 3.63) is 53.9 Å². The molecule has 5 heterocycles. The van der Waals surface area contributed by atoms with Crippen LogP contribution in [-0.2, 0) is 4.74 Å². The van der Waals surface area contributed by atoms with E-state index in [4.69, 9.17) is 14.5 Å². The van der Waals surface area contributed by atoms with Gasteiger partial charge in [0.2, 0.25) is 0 Å². The van der Waals surface area contributed by atoms with Gasteiger partial charge in [0, 0.05) is 30.6 Å². The number of carbonyl (C=O) groups is 1. The highest BCUT2D eigenvalue weighted by molar-refractivity contribution is 5.94. The molecule has 4 aliphatic heterocycles. The number of nitrogens with zero attached hydrogens (tertiary/aromatic N) is 5. The number of aromatic hydroxyl groups is 1. The Hall–Kier alpha value is -4.06. The van der Waals surface area contributed by atoms with Crippen LogP contribution < -0.4 is 9.64 Å². The molecule has 4 saturated heterocycles. The Balaban J connectivity index is 1.29. The van der Waals surface area contributed by atoms with Crippen molar-refractivity contribution >= 4 is 22.8 Å². The Morgan fingerprint density at radius 2 is 1.85 bits per heavy atom. The predicted octanol–water partition coefficient (Wildman–Crippen LogP) is 6.18. The maximum atomic E-state index is 16.4. The summed E-state index contributed by atoms with van der Waals surface area (Å²) in [5.74, 6) is -3.05. The van der Waals surface area contributed by atoms with E-state index in [9.17, 15) is 14.3 Å². The highest BCUT2D eigenvalue weighted by Gasteiger charge is 2.47. The Morgan fingerprint density at radius 1 is 1.11 bits per heavy atom. The van der Waals surface area contributed by atoms with Crippen LogP contribution in [-0.4, -0.2) is 87.0 Å². The van der Waals surface area contributed by atoms with Gasteiger partial charge in [-0.15, -0.1) is 0 Å². The lowest BCUT2D eigenvalue weighted by Gasteiger charge is -2.42. The van der Waals surface area contributed by atoms with Crippen LogP contribution in [0.25, 0.3) is 22.0 Å². The third kappa shape index (κ3) is 5.30. The number of hydrogen-bond donors (Lipinski definition) is 1. The summed E-state index contributed by atoms with van der Waals surface area (Å²) in [5.41, 5.74) is -1.05. The van der Waals surface area contributed by atoms with Crippen LogP contribution in [0.5, 0.6) is 11.8 Å². The van der Waals surface area contributed by atoms with Gasteiger partial charge in [-0.1, -0.05) is 12.2 Å². The molecule has 46 heavy (non-hydrogen) atoms. The first-order valence-corrected chi connectivity index (χ1v) is 15.8. The lowest BCUT2D eigenvalue weighted by Crippen LogP contribution is -2.57. The van der Waals surface area contributed by atoms with Gasteiger partial charge in [0.05, 0.1) is 23.2 Å². The molecular weight excluding hydrogens is 599 g/mol. The highest BCUT2D eigenvalue weighted by Crippen LogP contribution is 2.43. The number of rotatable bonds is 5. The molecule has 1 aromatic heterocycles. The van der Waals surface area contributed by atoms with E-state index in [0.29, 0.717) is 13.1 Å². The summed E-state index contributed by atoms with van der Waals surface area (Å²) in [5, 5.41) is 10.1. The van der Waals surface area contributed by atoms with Crippen molar-refractivity contribution in [3.63, 3.8) is 0 Å². The SMILES string of the molecule is C=C1CN2CCCC2(COc2nc(N3C[C@H]4CC[C@@H](C3)N4C(=O)OC(C)(C)C)c3cc(F)c(-c4cc(O)ccc4F)c(F)c3n2)C1. The number of ether oxygens (including phenoxy) is 2. The number of benzene rings is 2. The third-order valence-electron chi connectivity index (χ3n) is 9.65. The number of piperazine rings is 1. The highest BCUT2D eigenvalue weighted by atomic mass is 19.1. The molecular formula is C34H38F3N5O4. The summed E-state index contributed by atoms with van der Waals surface area (Å²) >= 11 is 0. The quantitative estimate of drug-likeness (QED) is 0.332. The van der Waals surface area contributed by atoms with Crippen molar-refractivity contribution in [1.82, 2.24) is 19.8 Å². The van der Waals surface area contributed by atoms with Crippen molar-refractivity contribution in [2.24, 2.45) is 0 Å². The zero-order valence-corrected chi connectivity index (χ0v) is 26.3.